The Bertz CT molecular complexity index is 562. The largest absolute Gasteiger partial charge is 0.330 e. The van der Waals surface area contributed by atoms with Crippen LogP contribution in [0.15, 0.2) is 29.6 Å². The van der Waals surface area contributed by atoms with Gasteiger partial charge in [-0.05, 0) is 47.4 Å². The number of thiophene rings is 1. The maximum atomic E-state index is 12.2. The molecule has 1 aromatic heterocycles. The molecule has 1 atom stereocenters. The second-order valence-electron chi connectivity index (χ2n) is 5.22. The molecule has 1 amide bonds. The first-order chi connectivity index (χ1) is 9.10. The SMILES string of the molecule is CC(C)CC(CN)C(=O)Nc1ccc2sccc2c1. The minimum atomic E-state index is -0.113. The Morgan fingerprint density at radius 2 is 2.16 bits per heavy atom. The molecule has 1 heterocycles. The van der Waals surface area contributed by atoms with Gasteiger partial charge in [0.05, 0.1) is 5.92 Å². The van der Waals surface area contributed by atoms with Gasteiger partial charge in [-0.1, -0.05) is 13.8 Å². The Morgan fingerprint density at radius 3 is 2.84 bits per heavy atom. The van der Waals surface area contributed by atoms with Crippen LogP contribution in [-0.2, 0) is 4.79 Å². The molecule has 0 aliphatic carbocycles. The minimum absolute atomic E-state index is 0.0192. The summed E-state index contributed by atoms with van der Waals surface area (Å²) in [5.41, 5.74) is 6.54. The Hall–Kier alpha value is -1.39. The van der Waals surface area contributed by atoms with Gasteiger partial charge in [-0.15, -0.1) is 11.3 Å². The lowest BCUT2D eigenvalue weighted by molar-refractivity contribution is -0.120. The molecule has 0 aliphatic heterocycles. The highest BCUT2D eigenvalue weighted by molar-refractivity contribution is 7.17. The van der Waals surface area contributed by atoms with Crippen molar-refractivity contribution in [2.24, 2.45) is 17.6 Å². The number of anilines is 1. The van der Waals surface area contributed by atoms with Crippen LogP contribution < -0.4 is 11.1 Å². The van der Waals surface area contributed by atoms with Gasteiger partial charge in [0, 0.05) is 16.9 Å². The fourth-order valence-corrected chi connectivity index (χ4v) is 2.94. The van der Waals surface area contributed by atoms with Crippen molar-refractivity contribution in [1.82, 2.24) is 0 Å². The van der Waals surface area contributed by atoms with Gasteiger partial charge < -0.3 is 11.1 Å². The van der Waals surface area contributed by atoms with Crippen molar-refractivity contribution in [3.8, 4) is 0 Å². The molecule has 0 saturated carbocycles. The Labute approximate surface area is 117 Å². The third-order valence-corrected chi connectivity index (χ3v) is 4.03. The van der Waals surface area contributed by atoms with Gasteiger partial charge in [-0.2, -0.15) is 0 Å². The van der Waals surface area contributed by atoms with E-state index in [1.54, 1.807) is 11.3 Å². The number of carbonyl (C=O) groups is 1. The number of rotatable bonds is 5. The van der Waals surface area contributed by atoms with Crippen LogP contribution in [0.25, 0.3) is 10.1 Å². The van der Waals surface area contributed by atoms with Crippen LogP contribution in [0.1, 0.15) is 20.3 Å². The van der Waals surface area contributed by atoms with E-state index in [4.69, 9.17) is 5.73 Å². The van der Waals surface area contributed by atoms with E-state index in [0.717, 1.165) is 17.5 Å². The average molecular weight is 276 g/mol. The van der Waals surface area contributed by atoms with E-state index in [-0.39, 0.29) is 11.8 Å². The monoisotopic (exact) mass is 276 g/mol. The molecule has 102 valence electrons. The number of amides is 1. The summed E-state index contributed by atoms with van der Waals surface area (Å²) >= 11 is 1.70. The summed E-state index contributed by atoms with van der Waals surface area (Å²) in [6.45, 7) is 4.60. The van der Waals surface area contributed by atoms with Gasteiger partial charge in [0.1, 0.15) is 0 Å². The number of nitrogens with one attached hydrogen (secondary N) is 1. The highest BCUT2D eigenvalue weighted by Gasteiger charge is 2.18. The minimum Gasteiger partial charge on any atom is -0.330 e. The highest BCUT2D eigenvalue weighted by Crippen LogP contribution is 2.24. The fourth-order valence-electron chi connectivity index (χ4n) is 2.17. The Morgan fingerprint density at radius 1 is 1.37 bits per heavy atom. The predicted molar refractivity (Wildman–Crippen MR) is 82.5 cm³/mol. The summed E-state index contributed by atoms with van der Waals surface area (Å²) in [6.07, 6.45) is 0.822. The highest BCUT2D eigenvalue weighted by atomic mass is 32.1. The molecule has 0 radical (unpaired) electrons. The first-order valence-corrected chi connectivity index (χ1v) is 7.46. The zero-order valence-electron chi connectivity index (χ0n) is 11.3. The lowest BCUT2D eigenvalue weighted by Crippen LogP contribution is -2.30. The maximum Gasteiger partial charge on any atom is 0.228 e. The quantitative estimate of drug-likeness (QED) is 0.878. The summed E-state index contributed by atoms with van der Waals surface area (Å²) < 4.78 is 1.23. The predicted octanol–water partition coefficient (Wildman–Crippen LogP) is 3.46. The van der Waals surface area contributed by atoms with Crippen LogP contribution in [0.4, 0.5) is 5.69 Å². The van der Waals surface area contributed by atoms with Crippen molar-refractivity contribution < 1.29 is 4.79 Å². The van der Waals surface area contributed by atoms with Crippen molar-refractivity contribution in [2.75, 3.05) is 11.9 Å². The van der Waals surface area contributed by atoms with Crippen LogP contribution in [0, 0.1) is 11.8 Å². The van der Waals surface area contributed by atoms with Gasteiger partial charge in [-0.25, -0.2) is 0 Å². The van der Waals surface area contributed by atoms with E-state index >= 15 is 0 Å². The summed E-state index contributed by atoms with van der Waals surface area (Å²) in [7, 11) is 0. The molecule has 0 aliphatic rings. The number of hydrogen-bond donors (Lipinski definition) is 2. The summed E-state index contributed by atoms with van der Waals surface area (Å²) in [6, 6.07) is 8.05. The van der Waals surface area contributed by atoms with Crippen LogP contribution in [-0.4, -0.2) is 12.5 Å². The van der Waals surface area contributed by atoms with Crippen molar-refractivity contribution in [2.45, 2.75) is 20.3 Å². The van der Waals surface area contributed by atoms with E-state index in [9.17, 15) is 4.79 Å². The number of fused-ring (bicyclic) bond motifs is 1. The van der Waals surface area contributed by atoms with Crippen LogP contribution in [0.5, 0.6) is 0 Å². The van der Waals surface area contributed by atoms with E-state index in [1.165, 1.54) is 4.70 Å². The van der Waals surface area contributed by atoms with Crippen LogP contribution >= 0.6 is 11.3 Å². The normalized spacial score (nSPS) is 12.8. The molecule has 19 heavy (non-hydrogen) atoms. The van der Waals surface area contributed by atoms with Gasteiger partial charge in [0.15, 0.2) is 0 Å². The van der Waals surface area contributed by atoms with Gasteiger partial charge >= 0.3 is 0 Å². The summed E-state index contributed by atoms with van der Waals surface area (Å²) in [5.74, 6) is 0.377. The lowest BCUT2D eigenvalue weighted by Gasteiger charge is -2.16. The molecule has 3 N–H and O–H groups in total. The van der Waals surface area contributed by atoms with Crippen molar-refractivity contribution in [3.05, 3.63) is 29.6 Å². The second kappa shape index (κ2) is 6.17. The van der Waals surface area contributed by atoms with Gasteiger partial charge in [-0.3, -0.25) is 4.79 Å². The third-order valence-electron chi connectivity index (χ3n) is 3.13. The second-order valence-corrected chi connectivity index (χ2v) is 6.17. The van der Waals surface area contributed by atoms with Crippen molar-refractivity contribution >= 4 is 33.0 Å². The molecular formula is C15H20N2OS. The van der Waals surface area contributed by atoms with E-state index in [2.05, 4.69) is 30.6 Å². The molecule has 3 nitrogen and oxygen atoms in total. The van der Waals surface area contributed by atoms with E-state index in [0.29, 0.717) is 12.5 Å². The maximum absolute atomic E-state index is 12.2. The van der Waals surface area contributed by atoms with E-state index < -0.39 is 0 Å². The molecule has 1 aromatic carbocycles. The standard InChI is InChI=1S/C15H20N2OS/c1-10(2)7-12(9-16)15(18)17-13-3-4-14-11(8-13)5-6-19-14/h3-6,8,10,12H,7,9,16H2,1-2H3,(H,17,18). The lowest BCUT2D eigenvalue weighted by atomic mass is 9.96. The summed E-state index contributed by atoms with van der Waals surface area (Å²) in [4.78, 5) is 12.2. The summed E-state index contributed by atoms with van der Waals surface area (Å²) in [5, 5.41) is 6.18. The number of hydrogen-bond acceptors (Lipinski definition) is 3. The smallest absolute Gasteiger partial charge is 0.228 e. The topological polar surface area (TPSA) is 55.1 Å². The number of nitrogens with two attached hydrogens (primary N) is 1. The van der Waals surface area contributed by atoms with Crippen LogP contribution in [0.2, 0.25) is 0 Å². The Balaban J connectivity index is 2.08. The average Bonchev–Trinajstić information content (AvgIpc) is 2.82. The number of benzene rings is 1. The Kier molecular flexibility index (Phi) is 4.56. The molecule has 4 heteroatoms. The first-order valence-electron chi connectivity index (χ1n) is 6.58. The van der Waals surface area contributed by atoms with Gasteiger partial charge in [0.2, 0.25) is 5.91 Å². The molecule has 2 rings (SSSR count). The molecule has 0 fully saturated rings. The van der Waals surface area contributed by atoms with E-state index in [1.807, 2.05) is 18.2 Å². The molecule has 0 saturated heterocycles. The molecule has 0 bridgehead atoms. The fraction of sp³-hybridized carbons (Fsp3) is 0.400. The molecule has 0 spiro atoms. The van der Waals surface area contributed by atoms with Crippen molar-refractivity contribution in [1.29, 1.82) is 0 Å². The molecular weight excluding hydrogens is 256 g/mol. The van der Waals surface area contributed by atoms with Crippen molar-refractivity contribution in [3.63, 3.8) is 0 Å². The zero-order valence-corrected chi connectivity index (χ0v) is 12.2. The molecule has 1 unspecified atom stereocenters. The number of carbonyl (C=O) groups excluding carboxylic acids is 1. The van der Waals surface area contributed by atoms with Gasteiger partial charge in [0.25, 0.3) is 0 Å². The zero-order chi connectivity index (χ0) is 13.8. The third kappa shape index (κ3) is 3.55. The first kappa shape index (κ1) is 14.0. The van der Waals surface area contributed by atoms with Crippen LogP contribution in [0.3, 0.4) is 0 Å². The molecule has 2 aromatic rings.